The Morgan fingerprint density at radius 3 is 2.31 bits per heavy atom. The highest BCUT2D eigenvalue weighted by molar-refractivity contribution is 7.89. The third-order valence-corrected chi connectivity index (χ3v) is 11.2. The fourth-order valence-corrected chi connectivity index (χ4v) is 8.21. The van der Waals surface area contributed by atoms with Crippen molar-refractivity contribution in [2.24, 2.45) is 11.8 Å². The van der Waals surface area contributed by atoms with Crippen LogP contribution in [0.4, 0.5) is 10.5 Å². The predicted octanol–water partition coefficient (Wildman–Crippen LogP) is 4.38. The third kappa shape index (κ3) is 9.62. The van der Waals surface area contributed by atoms with E-state index in [2.05, 4.69) is 10.3 Å². The number of hydrogen-bond donors (Lipinski definition) is 2. The summed E-state index contributed by atoms with van der Waals surface area (Å²) in [4.78, 5) is 58.7. The molecule has 0 aliphatic carbocycles. The van der Waals surface area contributed by atoms with E-state index in [0.717, 1.165) is 10.5 Å². The van der Waals surface area contributed by atoms with E-state index in [4.69, 9.17) is 4.74 Å². The SMILES string of the molecule is COc1ccc(S(=O)(=O)N(CC(C)C)C[C@H](O)[C@H](Cc2ccccc2)NC(=O)[C@H](C(C)C)N2CC(=O)N(Cc3ccc4cc([N+](=O)[O-])ccc4n3)C2=O)cc1. The molecule has 1 aromatic heterocycles. The zero-order valence-electron chi connectivity index (χ0n) is 31.4. The number of rotatable bonds is 17. The number of amides is 4. The topological polar surface area (TPSA) is 193 Å². The molecule has 2 N–H and O–H groups in total. The summed E-state index contributed by atoms with van der Waals surface area (Å²) < 4.78 is 34.2. The van der Waals surface area contributed by atoms with Crippen LogP contribution in [0.5, 0.6) is 5.75 Å². The van der Waals surface area contributed by atoms with Crippen molar-refractivity contribution in [1.29, 1.82) is 0 Å². The van der Waals surface area contributed by atoms with Crippen molar-refractivity contribution < 1.29 is 37.6 Å². The first kappa shape index (κ1) is 40.7. The van der Waals surface area contributed by atoms with Gasteiger partial charge in [-0.1, -0.05) is 64.1 Å². The monoisotopic (exact) mass is 774 g/mol. The first-order valence-corrected chi connectivity index (χ1v) is 19.3. The van der Waals surface area contributed by atoms with Gasteiger partial charge in [0.1, 0.15) is 18.3 Å². The number of nitrogens with one attached hydrogen (secondary N) is 1. The van der Waals surface area contributed by atoms with Crippen LogP contribution in [0.3, 0.4) is 0 Å². The molecule has 3 atom stereocenters. The average molecular weight is 775 g/mol. The molecule has 0 bridgehead atoms. The first-order chi connectivity index (χ1) is 26.1. The van der Waals surface area contributed by atoms with Crippen molar-refractivity contribution in [2.45, 2.75) is 63.7 Å². The number of aromatic nitrogens is 1. The van der Waals surface area contributed by atoms with Gasteiger partial charge in [-0.3, -0.25) is 29.6 Å². The van der Waals surface area contributed by atoms with Crippen LogP contribution in [-0.4, -0.2) is 100 Å². The Kier molecular flexibility index (Phi) is 12.8. The molecule has 15 nitrogen and oxygen atoms in total. The van der Waals surface area contributed by atoms with Gasteiger partial charge < -0.3 is 20.1 Å². The largest absolute Gasteiger partial charge is 0.497 e. The Hall–Kier alpha value is -5.45. The summed E-state index contributed by atoms with van der Waals surface area (Å²) in [6.45, 7) is 6.41. The lowest BCUT2D eigenvalue weighted by atomic mass is 9.97. The molecule has 0 spiro atoms. The molecule has 2 heterocycles. The van der Waals surface area contributed by atoms with Gasteiger partial charge in [0.05, 0.1) is 46.8 Å². The lowest BCUT2D eigenvalue weighted by Crippen LogP contribution is -2.57. The molecule has 1 aliphatic rings. The molecule has 1 fully saturated rings. The number of non-ortho nitro benzene ring substituents is 1. The number of aliphatic hydroxyl groups is 1. The summed E-state index contributed by atoms with van der Waals surface area (Å²) in [7, 11) is -2.60. The standard InChI is InChI=1S/C39H46N6O9S/c1-25(2)21-42(55(52,53)32-16-14-31(54-5)15-17-32)23-35(46)34(19-27-9-7-6-8-10-27)41-38(48)37(26(3)4)44-24-36(47)43(39(44)49)22-29-12-11-28-20-30(45(50)51)13-18-33(28)40-29/h6-18,20,25-26,34-35,37,46H,19,21-24H2,1-5H3,(H,41,48)/t34-,35-,37-/m0/s1. The lowest BCUT2D eigenvalue weighted by Gasteiger charge is -2.34. The number of urea groups is 1. The van der Waals surface area contributed by atoms with Crippen molar-refractivity contribution in [3.8, 4) is 5.75 Å². The van der Waals surface area contributed by atoms with E-state index in [0.29, 0.717) is 22.3 Å². The minimum absolute atomic E-state index is 0.0225. The van der Waals surface area contributed by atoms with Gasteiger partial charge in [0.2, 0.25) is 15.9 Å². The van der Waals surface area contributed by atoms with Crippen LogP contribution in [0.25, 0.3) is 10.9 Å². The molecule has 16 heteroatoms. The number of hydrogen-bond acceptors (Lipinski definition) is 10. The molecule has 292 valence electrons. The minimum atomic E-state index is -4.08. The second-order valence-corrected chi connectivity index (χ2v) is 16.2. The maximum absolute atomic E-state index is 14.2. The van der Waals surface area contributed by atoms with E-state index < -0.39 is 56.9 Å². The number of carbonyl (C=O) groups excluding carboxylic acids is 3. The molecule has 1 saturated heterocycles. The smallest absolute Gasteiger partial charge is 0.328 e. The highest BCUT2D eigenvalue weighted by atomic mass is 32.2. The molecular formula is C39H46N6O9S. The van der Waals surface area contributed by atoms with Gasteiger partial charge in [0, 0.05) is 30.6 Å². The van der Waals surface area contributed by atoms with Crippen LogP contribution < -0.4 is 10.1 Å². The number of nitro benzene ring substituents is 1. The van der Waals surface area contributed by atoms with E-state index >= 15 is 0 Å². The highest BCUT2D eigenvalue weighted by Gasteiger charge is 2.44. The molecule has 3 aromatic carbocycles. The second kappa shape index (κ2) is 17.3. The fraction of sp³-hybridized carbons (Fsp3) is 0.385. The number of nitro groups is 1. The van der Waals surface area contributed by atoms with Crippen molar-refractivity contribution in [2.75, 3.05) is 26.7 Å². The van der Waals surface area contributed by atoms with Crippen LogP contribution in [0.1, 0.15) is 39.0 Å². The number of carbonyl (C=O) groups is 3. The molecule has 55 heavy (non-hydrogen) atoms. The van der Waals surface area contributed by atoms with Crippen LogP contribution >= 0.6 is 0 Å². The summed E-state index contributed by atoms with van der Waals surface area (Å²) in [5.74, 6) is -1.23. The molecule has 5 rings (SSSR count). The molecule has 4 amide bonds. The van der Waals surface area contributed by atoms with Gasteiger partial charge in [-0.2, -0.15) is 4.31 Å². The van der Waals surface area contributed by atoms with Gasteiger partial charge in [0.25, 0.3) is 11.6 Å². The Balaban J connectivity index is 1.37. The maximum atomic E-state index is 14.2. The summed E-state index contributed by atoms with van der Waals surface area (Å²) in [6.07, 6.45) is -1.23. The maximum Gasteiger partial charge on any atom is 0.328 e. The van der Waals surface area contributed by atoms with Crippen molar-refractivity contribution >= 4 is 44.5 Å². The number of fused-ring (bicyclic) bond motifs is 1. The van der Waals surface area contributed by atoms with Gasteiger partial charge in [-0.05, 0) is 60.2 Å². The van der Waals surface area contributed by atoms with Gasteiger partial charge in [-0.15, -0.1) is 0 Å². The number of benzene rings is 3. The normalized spacial score (nSPS) is 15.2. The van der Waals surface area contributed by atoms with Crippen LogP contribution in [0.15, 0.2) is 89.8 Å². The zero-order valence-corrected chi connectivity index (χ0v) is 32.2. The summed E-state index contributed by atoms with van der Waals surface area (Å²) >= 11 is 0. The van der Waals surface area contributed by atoms with Gasteiger partial charge in [0.15, 0.2) is 0 Å². The Morgan fingerprint density at radius 1 is 1.00 bits per heavy atom. The summed E-state index contributed by atoms with van der Waals surface area (Å²) in [6, 6.07) is 19.7. The molecule has 4 aromatic rings. The van der Waals surface area contributed by atoms with E-state index in [1.807, 2.05) is 44.2 Å². The predicted molar refractivity (Wildman–Crippen MR) is 204 cm³/mol. The number of methoxy groups -OCH3 is 1. The molecule has 1 aliphatic heterocycles. The van der Waals surface area contributed by atoms with E-state index in [1.54, 1.807) is 38.1 Å². The third-order valence-electron chi connectivity index (χ3n) is 9.33. The quantitative estimate of drug-likeness (QED) is 0.0884. The number of sulfonamides is 1. The summed E-state index contributed by atoms with van der Waals surface area (Å²) in [5, 5.41) is 26.4. The fourth-order valence-electron chi connectivity index (χ4n) is 6.59. The number of ether oxygens (including phenoxy) is 1. The van der Waals surface area contributed by atoms with Crippen LogP contribution in [0, 0.1) is 22.0 Å². The number of aliphatic hydroxyl groups excluding tert-OH is 1. The Bertz CT molecular complexity index is 2130. The van der Waals surface area contributed by atoms with E-state index in [1.165, 1.54) is 46.6 Å². The highest BCUT2D eigenvalue weighted by Crippen LogP contribution is 2.25. The zero-order chi connectivity index (χ0) is 40.0. The number of imide groups is 1. The Morgan fingerprint density at radius 2 is 1.69 bits per heavy atom. The Labute approximate surface area is 320 Å². The molecular weight excluding hydrogens is 729 g/mol. The first-order valence-electron chi connectivity index (χ1n) is 17.9. The molecule has 0 saturated carbocycles. The second-order valence-electron chi connectivity index (χ2n) is 14.3. The molecule has 0 radical (unpaired) electrons. The van der Waals surface area contributed by atoms with Crippen LogP contribution in [0.2, 0.25) is 0 Å². The van der Waals surface area contributed by atoms with E-state index in [9.17, 15) is 38.0 Å². The van der Waals surface area contributed by atoms with Crippen molar-refractivity contribution in [1.82, 2.24) is 24.4 Å². The van der Waals surface area contributed by atoms with Crippen molar-refractivity contribution in [3.05, 3.63) is 106 Å². The number of pyridine rings is 1. The van der Waals surface area contributed by atoms with Crippen molar-refractivity contribution in [3.63, 3.8) is 0 Å². The number of nitrogens with zero attached hydrogens (tertiary/aromatic N) is 5. The van der Waals surface area contributed by atoms with E-state index in [-0.39, 0.29) is 49.1 Å². The van der Waals surface area contributed by atoms with Gasteiger partial charge >= 0.3 is 6.03 Å². The summed E-state index contributed by atoms with van der Waals surface area (Å²) in [5.41, 5.74) is 1.50. The lowest BCUT2D eigenvalue weighted by molar-refractivity contribution is -0.384. The average Bonchev–Trinajstić information content (AvgIpc) is 3.41. The minimum Gasteiger partial charge on any atom is -0.497 e. The van der Waals surface area contributed by atoms with Crippen LogP contribution in [-0.2, 0) is 32.6 Å². The molecule has 0 unspecified atom stereocenters. The van der Waals surface area contributed by atoms with Gasteiger partial charge in [-0.25, -0.2) is 13.2 Å².